The van der Waals surface area contributed by atoms with Gasteiger partial charge in [0.05, 0.1) is 22.4 Å². The third-order valence-corrected chi connectivity index (χ3v) is 16.8. The summed E-state index contributed by atoms with van der Waals surface area (Å²) in [6, 6.07) is 115. The molecule has 0 fully saturated rings. The highest BCUT2D eigenvalue weighted by Crippen LogP contribution is 2.42. The van der Waals surface area contributed by atoms with E-state index in [1.54, 1.807) is 0 Å². The minimum Gasteiger partial charge on any atom is -0.455 e. The Labute approximate surface area is 498 Å². The van der Waals surface area contributed by atoms with E-state index in [2.05, 4.69) is 320 Å². The number of furan rings is 1. The number of para-hydroxylation sites is 4. The Hall–Kier alpha value is -11.5. The van der Waals surface area contributed by atoms with Gasteiger partial charge in [-0.2, -0.15) is 0 Å². The minimum atomic E-state index is 0.647. The van der Waals surface area contributed by atoms with Crippen LogP contribution in [-0.2, 0) is 0 Å². The molecular weight excluding hydrogens is 1040 g/mol. The molecule has 0 aliphatic rings. The van der Waals surface area contributed by atoms with E-state index in [9.17, 15) is 0 Å². The number of nitrogens with zero attached hydrogens (tertiary/aromatic N) is 3. The molecule has 4 heteroatoms. The Kier molecular flexibility index (Phi) is 12.5. The van der Waals surface area contributed by atoms with Crippen molar-refractivity contribution in [1.82, 2.24) is 14.5 Å². The predicted octanol–water partition coefficient (Wildman–Crippen LogP) is 22.1. The molecule has 4 nitrogen and oxygen atoms in total. The molecule has 16 rings (SSSR count). The fraction of sp³-hybridized carbons (Fsp3) is 0. The zero-order chi connectivity index (χ0) is 56.9. The molecule has 3 aromatic heterocycles. The van der Waals surface area contributed by atoms with Crippen LogP contribution in [0.5, 0.6) is 0 Å². The van der Waals surface area contributed by atoms with Gasteiger partial charge in [0.1, 0.15) is 11.2 Å². The van der Waals surface area contributed by atoms with E-state index in [4.69, 9.17) is 14.4 Å². The molecule has 13 aromatic carbocycles. The highest BCUT2D eigenvalue weighted by Gasteiger charge is 2.18. The van der Waals surface area contributed by atoms with Crippen LogP contribution in [0.4, 0.5) is 0 Å². The molecule has 16 aromatic rings. The number of benzene rings is 13. The highest BCUT2D eigenvalue weighted by molar-refractivity contribution is 6.11. The molecule has 0 atom stereocenters. The van der Waals surface area contributed by atoms with E-state index in [0.29, 0.717) is 5.82 Å². The SMILES string of the molecule is c1ccc(-c2cccc(-c3cccc(-c4cc(-c5ccc(-c6cc(-c7cccc(-c8ccccc8)c7)cc(-c7cccc8c7oc7ccccc78)c6)cc5)nc(-c5cccc(-c6cccc(-n7c8ccccc8c8ccccc87)c6)c5)n4)c3)c2)cc1. The Morgan fingerprint density at radius 1 is 0.233 bits per heavy atom. The van der Waals surface area contributed by atoms with Gasteiger partial charge < -0.3 is 8.98 Å². The number of aromatic nitrogens is 3. The molecule has 86 heavy (non-hydrogen) atoms. The normalized spacial score (nSPS) is 11.5. The fourth-order valence-corrected chi connectivity index (χ4v) is 12.5. The molecule has 3 heterocycles. The van der Waals surface area contributed by atoms with Crippen LogP contribution in [-0.4, -0.2) is 14.5 Å². The number of fused-ring (bicyclic) bond motifs is 6. The topological polar surface area (TPSA) is 43.9 Å². The Balaban J connectivity index is 0.812. The van der Waals surface area contributed by atoms with Crippen LogP contribution >= 0.6 is 0 Å². The summed E-state index contributed by atoms with van der Waals surface area (Å²) in [6.45, 7) is 0. The Morgan fingerprint density at radius 2 is 0.616 bits per heavy atom. The monoisotopic (exact) mass is 1100 g/mol. The van der Waals surface area contributed by atoms with Gasteiger partial charge in [-0.25, -0.2) is 9.97 Å². The molecular formula is C82H53N3O. The summed E-state index contributed by atoms with van der Waals surface area (Å²) < 4.78 is 9.04. The third kappa shape index (κ3) is 9.32. The lowest BCUT2D eigenvalue weighted by Crippen LogP contribution is -1.97. The highest BCUT2D eigenvalue weighted by atomic mass is 16.3. The summed E-state index contributed by atoms with van der Waals surface area (Å²) in [5, 5.41) is 4.69. The van der Waals surface area contributed by atoms with Crippen molar-refractivity contribution < 1.29 is 4.42 Å². The second-order valence-electron chi connectivity index (χ2n) is 22.1. The summed E-state index contributed by atoms with van der Waals surface area (Å²) in [6.07, 6.45) is 0. The van der Waals surface area contributed by atoms with Crippen molar-refractivity contribution in [2.75, 3.05) is 0 Å². The number of hydrogen-bond acceptors (Lipinski definition) is 3. The maximum atomic E-state index is 6.66. The molecule has 0 radical (unpaired) electrons. The molecule has 0 saturated carbocycles. The lowest BCUT2D eigenvalue weighted by molar-refractivity contribution is 0.670. The summed E-state index contributed by atoms with van der Waals surface area (Å²) in [4.78, 5) is 10.9. The van der Waals surface area contributed by atoms with Gasteiger partial charge in [-0.1, -0.05) is 243 Å². The molecule has 402 valence electrons. The molecule has 0 amide bonds. The average Bonchev–Trinajstić information content (AvgIpc) is 2.00. The van der Waals surface area contributed by atoms with Gasteiger partial charge in [0.2, 0.25) is 0 Å². The van der Waals surface area contributed by atoms with Gasteiger partial charge in [0.15, 0.2) is 5.82 Å². The molecule has 0 spiro atoms. The average molecular weight is 1100 g/mol. The van der Waals surface area contributed by atoms with Gasteiger partial charge in [0, 0.05) is 49.5 Å². The zero-order valence-corrected chi connectivity index (χ0v) is 46.8. The first-order valence-corrected chi connectivity index (χ1v) is 29.3. The van der Waals surface area contributed by atoms with Crippen LogP contribution in [0.15, 0.2) is 326 Å². The van der Waals surface area contributed by atoms with Gasteiger partial charge >= 0.3 is 0 Å². The van der Waals surface area contributed by atoms with Crippen molar-refractivity contribution in [3.05, 3.63) is 322 Å². The van der Waals surface area contributed by atoms with E-state index < -0.39 is 0 Å². The van der Waals surface area contributed by atoms with Gasteiger partial charge in [-0.3, -0.25) is 0 Å². The van der Waals surface area contributed by atoms with E-state index in [-0.39, 0.29) is 0 Å². The maximum Gasteiger partial charge on any atom is 0.160 e. The van der Waals surface area contributed by atoms with Crippen molar-refractivity contribution in [1.29, 1.82) is 0 Å². The molecule has 0 saturated heterocycles. The largest absolute Gasteiger partial charge is 0.455 e. The predicted molar refractivity (Wildman–Crippen MR) is 358 cm³/mol. The first kappa shape index (κ1) is 50.3. The first-order valence-electron chi connectivity index (χ1n) is 29.3. The Bertz CT molecular complexity index is 5180. The van der Waals surface area contributed by atoms with E-state index >= 15 is 0 Å². The third-order valence-electron chi connectivity index (χ3n) is 16.8. The van der Waals surface area contributed by atoms with E-state index in [1.165, 1.54) is 44.1 Å². The smallest absolute Gasteiger partial charge is 0.160 e. The molecule has 0 N–H and O–H groups in total. The van der Waals surface area contributed by atoms with Crippen molar-refractivity contribution in [2.45, 2.75) is 0 Å². The van der Waals surface area contributed by atoms with Gasteiger partial charge in [-0.05, 0) is 151 Å². The quantitative estimate of drug-likeness (QED) is 0.130. The van der Waals surface area contributed by atoms with E-state index in [0.717, 1.165) is 111 Å². The van der Waals surface area contributed by atoms with Gasteiger partial charge in [-0.15, -0.1) is 0 Å². The lowest BCUT2D eigenvalue weighted by Gasteiger charge is -2.14. The molecule has 0 aliphatic carbocycles. The van der Waals surface area contributed by atoms with Crippen LogP contribution in [0.25, 0.3) is 161 Å². The van der Waals surface area contributed by atoms with Gasteiger partial charge in [0.25, 0.3) is 0 Å². The molecule has 0 unspecified atom stereocenters. The minimum absolute atomic E-state index is 0.647. The standard InChI is InChI=1S/C82H53N3O/c1-3-19-54(20-4-1)58-23-13-25-60(45-58)61-26-15-30-65(47-61)77-53-76(83-82(84-77)66-31-16-27-62(48-66)64-29-17-32-70(52-64)85-78-38-10-7-33-72(78)73-34-8-11-39-79(73)85)57-43-41-56(42-44-57)67-49-68(63-28-14-24-59(46-63)55-21-5-2-6-22-55)51-69(50-67)71-36-18-37-75-74-35-9-12-40-80(74)86-81(71)75/h1-53H. The summed E-state index contributed by atoms with van der Waals surface area (Å²) in [5.41, 5.74) is 25.5. The van der Waals surface area contributed by atoms with Crippen molar-refractivity contribution in [2.24, 2.45) is 0 Å². The fourth-order valence-electron chi connectivity index (χ4n) is 12.5. The number of hydrogen-bond donors (Lipinski definition) is 0. The second-order valence-corrected chi connectivity index (χ2v) is 22.1. The summed E-state index contributed by atoms with van der Waals surface area (Å²) >= 11 is 0. The molecule has 0 bridgehead atoms. The van der Waals surface area contributed by atoms with Crippen LogP contribution in [0, 0.1) is 0 Å². The van der Waals surface area contributed by atoms with E-state index in [1.807, 2.05) is 6.07 Å². The van der Waals surface area contributed by atoms with Crippen molar-refractivity contribution >= 4 is 43.7 Å². The maximum absolute atomic E-state index is 6.66. The van der Waals surface area contributed by atoms with Crippen molar-refractivity contribution in [3.8, 4) is 117 Å². The summed E-state index contributed by atoms with van der Waals surface area (Å²) in [5.74, 6) is 0.647. The van der Waals surface area contributed by atoms with Crippen LogP contribution in [0.1, 0.15) is 0 Å². The Morgan fingerprint density at radius 3 is 1.24 bits per heavy atom. The number of rotatable bonds is 11. The van der Waals surface area contributed by atoms with Crippen LogP contribution < -0.4 is 0 Å². The summed E-state index contributed by atoms with van der Waals surface area (Å²) in [7, 11) is 0. The molecule has 0 aliphatic heterocycles. The van der Waals surface area contributed by atoms with Crippen LogP contribution in [0.3, 0.4) is 0 Å². The zero-order valence-electron chi connectivity index (χ0n) is 46.8. The van der Waals surface area contributed by atoms with Crippen LogP contribution in [0.2, 0.25) is 0 Å². The van der Waals surface area contributed by atoms with Crippen molar-refractivity contribution in [3.63, 3.8) is 0 Å². The first-order chi connectivity index (χ1) is 42.6. The lowest BCUT2D eigenvalue weighted by atomic mass is 9.91. The second kappa shape index (κ2) is 21.4.